The van der Waals surface area contributed by atoms with Crippen LogP contribution < -0.4 is 10.6 Å². The molecular weight excluding hydrogens is 228 g/mol. The lowest BCUT2D eigenvalue weighted by Crippen LogP contribution is -2.34. The smallest absolute Gasteiger partial charge is 0.251 e. The lowest BCUT2D eigenvalue weighted by molar-refractivity contribution is 0.0953. The Hall–Kier alpha value is -1.39. The Morgan fingerprint density at radius 1 is 1.28 bits per heavy atom. The molecule has 0 heterocycles. The summed E-state index contributed by atoms with van der Waals surface area (Å²) < 4.78 is 0. The number of amides is 1. The zero-order valence-electron chi connectivity index (χ0n) is 11.1. The van der Waals surface area contributed by atoms with E-state index in [1.807, 2.05) is 38.1 Å². The Bertz CT molecular complexity index is 363. The molecule has 100 valence electrons. The molecule has 0 saturated carbocycles. The summed E-state index contributed by atoms with van der Waals surface area (Å²) in [5.41, 5.74) is 1.83. The van der Waals surface area contributed by atoms with E-state index in [9.17, 15) is 4.79 Å². The van der Waals surface area contributed by atoms with Crippen molar-refractivity contribution in [2.75, 3.05) is 26.2 Å². The van der Waals surface area contributed by atoms with Crippen LogP contribution in [0.3, 0.4) is 0 Å². The minimum absolute atomic E-state index is 0.0491. The summed E-state index contributed by atoms with van der Waals surface area (Å²) in [6.07, 6.45) is 0. The monoisotopic (exact) mass is 250 g/mol. The van der Waals surface area contributed by atoms with Crippen LogP contribution in [0, 0.1) is 12.8 Å². The van der Waals surface area contributed by atoms with Crippen molar-refractivity contribution in [1.29, 1.82) is 0 Å². The number of benzene rings is 1. The number of carbonyl (C=O) groups is 1. The summed E-state index contributed by atoms with van der Waals surface area (Å²) in [5, 5.41) is 14.9. The summed E-state index contributed by atoms with van der Waals surface area (Å²) in [6, 6.07) is 7.50. The van der Waals surface area contributed by atoms with Crippen molar-refractivity contribution < 1.29 is 9.90 Å². The molecule has 1 aromatic rings. The van der Waals surface area contributed by atoms with E-state index < -0.39 is 0 Å². The van der Waals surface area contributed by atoms with Gasteiger partial charge in [0.2, 0.25) is 0 Å². The molecule has 4 nitrogen and oxygen atoms in total. The summed E-state index contributed by atoms with van der Waals surface area (Å²) in [4.78, 5) is 11.7. The highest BCUT2D eigenvalue weighted by atomic mass is 16.3. The minimum Gasteiger partial charge on any atom is -0.396 e. The lowest BCUT2D eigenvalue weighted by atomic mass is 10.1. The van der Waals surface area contributed by atoms with Gasteiger partial charge in [-0.25, -0.2) is 0 Å². The van der Waals surface area contributed by atoms with Gasteiger partial charge in [0.1, 0.15) is 0 Å². The molecule has 1 aromatic carbocycles. The molecule has 1 atom stereocenters. The highest BCUT2D eigenvalue weighted by molar-refractivity contribution is 5.94. The number of aliphatic hydroxyl groups excluding tert-OH is 1. The zero-order chi connectivity index (χ0) is 13.4. The SMILES string of the molecule is Cc1ccc(C(=O)NCCNCC(C)CO)cc1. The predicted octanol–water partition coefficient (Wildman–Crippen LogP) is 0.943. The maximum Gasteiger partial charge on any atom is 0.251 e. The van der Waals surface area contributed by atoms with Gasteiger partial charge in [0.25, 0.3) is 5.91 Å². The van der Waals surface area contributed by atoms with Gasteiger partial charge in [0, 0.05) is 25.3 Å². The van der Waals surface area contributed by atoms with Crippen LogP contribution in [0.25, 0.3) is 0 Å². The highest BCUT2D eigenvalue weighted by Gasteiger charge is 2.03. The maximum atomic E-state index is 11.7. The van der Waals surface area contributed by atoms with E-state index in [-0.39, 0.29) is 18.4 Å². The Morgan fingerprint density at radius 3 is 2.56 bits per heavy atom. The first kappa shape index (κ1) is 14.7. The van der Waals surface area contributed by atoms with Crippen LogP contribution in [0.15, 0.2) is 24.3 Å². The third kappa shape index (κ3) is 5.29. The van der Waals surface area contributed by atoms with Crippen LogP contribution in [-0.2, 0) is 0 Å². The van der Waals surface area contributed by atoms with Gasteiger partial charge in [-0.3, -0.25) is 4.79 Å². The third-order valence-corrected chi connectivity index (χ3v) is 2.71. The zero-order valence-corrected chi connectivity index (χ0v) is 11.1. The fourth-order valence-corrected chi connectivity index (χ4v) is 1.48. The van der Waals surface area contributed by atoms with Gasteiger partial charge in [-0.05, 0) is 31.5 Å². The van der Waals surface area contributed by atoms with E-state index in [1.165, 1.54) is 0 Å². The number of rotatable bonds is 7. The van der Waals surface area contributed by atoms with Crippen molar-refractivity contribution in [3.63, 3.8) is 0 Å². The molecule has 1 amide bonds. The number of hydrogen-bond donors (Lipinski definition) is 3. The quantitative estimate of drug-likeness (QED) is 0.631. The summed E-state index contributed by atoms with van der Waals surface area (Å²) in [7, 11) is 0. The van der Waals surface area contributed by atoms with Crippen LogP contribution in [0.5, 0.6) is 0 Å². The fraction of sp³-hybridized carbons (Fsp3) is 0.500. The molecule has 0 aliphatic carbocycles. The van der Waals surface area contributed by atoms with Crippen molar-refractivity contribution >= 4 is 5.91 Å². The first-order valence-electron chi connectivity index (χ1n) is 6.30. The van der Waals surface area contributed by atoms with E-state index in [4.69, 9.17) is 5.11 Å². The molecule has 0 spiro atoms. The molecular formula is C14H22N2O2. The van der Waals surface area contributed by atoms with Gasteiger partial charge >= 0.3 is 0 Å². The molecule has 0 saturated heterocycles. The number of nitrogens with one attached hydrogen (secondary N) is 2. The van der Waals surface area contributed by atoms with Gasteiger partial charge in [-0.15, -0.1) is 0 Å². The Morgan fingerprint density at radius 2 is 1.94 bits per heavy atom. The number of aryl methyl sites for hydroxylation is 1. The Balaban J connectivity index is 2.19. The van der Waals surface area contributed by atoms with Crippen LogP contribution in [0.2, 0.25) is 0 Å². The molecule has 18 heavy (non-hydrogen) atoms. The number of hydrogen-bond acceptors (Lipinski definition) is 3. The van der Waals surface area contributed by atoms with E-state index in [1.54, 1.807) is 0 Å². The first-order chi connectivity index (χ1) is 8.63. The molecule has 1 unspecified atom stereocenters. The van der Waals surface area contributed by atoms with Gasteiger partial charge < -0.3 is 15.7 Å². The van der Waals surface area contributed by atoms with Crippen LogP contribution in [-0.4, -0.2) is 37.3 Å². The third-order valence-electron chi connectivity index (χ3n) is 2.71. The lowest BCUT2D eigenvalue weighted by Gasteiger charge is -2.10. The summed E-state index contributed by atoms with van der Waals surface area (Å²) >= 11 is 0. The Labute approximate surface area is 108 Å². The molecule has 0 fully saturated rings. The normalized spacial score (nSPS) is 12.2. The topological polar surface area (TPSA) is 61.4 Å². The van der Waals surface area contributed by atoms with Crippen molar-refractivity contribution in [3.05, 3.63) is 35.4 Å². The molecule has 0 aliphatic heterocycles. The maximum absolute atomic E-state index is 11.7. The van der Waals surface area contributed by atoms with Gasteiger partial charge in [0.05, 0.1) is 0 Å². The van der Waals surface area contributed by atoms with E-state index >= 15 is 0 Å². The predicted molar refractivity (Wildman–Crippen MR) is 72.6 cm³/mol. The van der Waals surface area contributed by atoms with Crippen molar-refractivity contribution in [3.8, 4) is 0 Å². The van der Waals surface area contributed by atoms with E-state index in [0.29, 0.717) is 18.7 Å². The molecule has 0 aliphatic rings. The molecule has 4 heteroatoms. The van der Waals surface area contributed by atoms with Crippen molar-refractivity contribution in [2.45, 2.75) is 13.8 Å². The fourth-order valence-electron chi connectivity index (χ4n) is 1.48. The standard InChI is InChI=1S/C14H22N2O2/c1-11-3-5-13(6-4-11)14(18)16-8-7-15-9-12(2)10-17/h3-6,12,15,17H,7-10H2,1-2H3,(H,16,18). The second kappa shape index (κ2) is 7.84. The number of aliphatic hydroxyl groups is 1. The molecule has 0 bridgehead atoms. The van der Waals surface area contributed by atoms with E-state index in [2.05, 4.69) is 10.6 Å². The van der Waals surface area contributed by atoms with Crippen LogP contribution in [0.1, 0.15) is 22.8 Å². The average molecular weight is 250 g/mol. The largest absolute Gasteiger partial charge is 0.396 e. The molecule has 3 N–H and O–H groups in total. The molecule has 1 rings (SSSR count). The first-order valence-corrected chi connectivity index (χ1v) is 6.30. The van der Waals surface area contributed by atoms with Gasteiger partial charge in [0.15, 0.2) is 0 Å². The summed E-state index contributed by atoms with van der Waals surface area (Å²) in [5.74, 6) is 0.199. The second-order valence-electron chi connectivity index (χ2n) is 4.61. The van der Waals surface area contributed by atoms with Crippen LogP contribution >= 0.6 is 0 Å². The van der Waals surface area contributed by atoms with Crippen LogP contribution in [0.4, 0.5) is 0 Å². The van der Waals surface area contributed by atoms with Crippen molar-refractivity contribution in [2.24, 2.45) is 5.92 Å². The van der Waals surface area contributed by atoms with Gasteiger partial charge in [-0.1, -0.05) is 24.6 Å². The highest BCUT2D eigenvalue weighted by Crippen LogP contribution is 2.02. The minimum atomic E-state index is -0.0491. The Kier molecular flexibility index (Phi) is 6.39. The molecule has 0 aromatic heterocycles. The second-order valence-corrected chi connectivity index (χ2v) is 4.61. The number of carbonyl (C=O) groups excluding carboxylic acids is 1. The van der Waals surface area contributed by atoms with Crippen molar-refractivity contribution in [1.82, 2.24) is 10.6 Å². The van der Waals surface area contributed by atoms with Gasteiger partial charge in [-0.2, -0.15) is 0 Å². The average Bonchev–Trinajstić information content (AvgIpc) is 2.38. The molecule has 0 radical (unpaired) electrons. The van der Waals surface area contributed by atoms with E-state index in [0.717, 1.165) is 12.1 Å². The summed E-state index contributed by atoms with van der Waals surface area (Å²) in [6.45, 7) is 6.21.